The van der Waals surface area contributed by atoms with E-state index in [1.807, 2.05) is 12.1 Å². The first kappa shape index (κ1) is 19.1. The number of benzene rings is 2. The Morgan fingerprint density at radius 3 is 2.32 bits per heavy atom. The van der Waals surface area contributed by atoms with E-state index in [9.17, 15) is 5.26 Å². The maximum Gasteiger partial charge on any atom is 0.140 e. The summed E-state index contributed by atoms with van der Waals surface area (Å²) in [4.78, 5) is 0. The molecule has 0 radical (unpaired) electrons. The fourth-order valence-electron chi connectivity index (χ4n) is 3.10. The minimum absolute atomic E-state index is 0.155. The molecule has 0 unspecified atom stereocenters. The molecule has 2 aromatic rings. The summed E-state index contributed by atoms with van der Waals surface area (Å²) in [6, 6.07) is 17.1. The van der Waals surface area contributed by atoms with Crippen LogP contribution in [0.25, 0.3) is 0 Å². The van der Waals surface area contributed by atoms with Crippen molar-refractivity contribution in [2.24, 2.45) is 0 Å². The SMILES string of the molecule is CCCCOc1c(C#N)cc(C(C)(C)c2ccccc2)cc1CCC. The van der Waals surface area contributed by atoms with Crippen LogP contribution < -0.4 is 4.74 Å². The second-order valence-corrected chi connectivity index (χ2v) is 7.07. The smallest absolute Gasteiger partial charge is 0.140 e. The fourth-order valence-corrected chi connectivity index (χ4v) is 3.10. The summed E-state index contributed by atoms with van der Waals surface area (Å²) >= 11 is 0. The van der Waals surface area contributed by atoms with E-state index in [4.69, 9.17) is 4.74 Å². The summed E-state index contributed by atoms with van der Waals surface area (Å²) in [5.41, 5.74) is 4.07. The van der Waals surface area contributed by atoms with Gasteiger partial charge in [0.25, 0.3) is 0 Å². The Hall–Kier alpha value is -2.27. The van der Waals surface area contributed by atoms with Gasteiger partial charge in [-0.2, -0.15) is 5.26 Å². The number of nitriles is 1. The zero-order valence-electron chi connectivity index (χ0n) is 15.9. The molecule has 25 heavy (non-hydrogen) atoms. The van der Waals surface area contributed by atoms with E-state index in [0.717, 1.165) is 37.0 Å². The Morgan fingerprint density at radius 1 is 1.00 bits per heavy atom. The molecule has 2 aromatic carbocycles. The van der Waals surface area contributed by atoms with Crippen LogP contribution in [0.4, 0.5) is 0 Å². The van der Waals surface area contributed by atoms with Crippen LogP contribution in [0.1, 0.15) is 69.2 Å². The monoisotopic (exact) mass is 335 g/mol. The van der Waals surface area contributed by atoms with Crippen LogP contribution in [0.3, 0.4) is 0 Å². The molecule has 0 bridgehead atoms. The summed E-state index contributed by atoms with van der Waals surface area (Å²) < 4.78 is 6.00. The minimum Gasteiger partial charge on any atom is -0.492 e. The Balaban J connectivity index is 2.50. The van der Waals surface area contributed by atoms with Crippen molar-refractivity contribution in [3.8, 4) is 11.8 Å². The summed E-state index contributed by atoms with van der Waals surface area (Å²) in [6.45, 7) is 9.41. The van der Waals surface area contributed by atoms with Crippen molar-refractivity contribution in [1.82, 2.24) is 0 Å². The van der Waals surface area contributed by atoms with Gasteiger partial charge in [-0.3, -0.25) is 0 Å². The van der Waals surface area contributed by atoms with Crippen LogP contribution in [0.2, 0.25) is 0 Å². The first-order chi connectivity index (χ1) is 12.0. The van der Waals surface area contributed by atoms with E-state index in [-0.39, 0.29) is 5.41 Å². The molecule has 0 atom stereocenters. The van der Waals surface area contributed by atoms with Crippen molar-refractivity contribution in [3.05, 3.63) is 64.7 Å². The molecule has 0 aliphatic carbocycles. The Kier molecular flexibility index (Phi) is 6.65. The highest BCUT2D eigenvalue weighted by Crippen LogP contribution is 2.36. The molecule has 0 spiro atoms. The predicted molar refractivity (Wildman–Crippen MR) is 104 cm³/mol. The quantitative estimate of drug-likeness (QED) is 0.553. The van der Waals surface area contributed by atoms with Crippen LogP contribution in [0, 0.1) is 11.3 Å². The third-order valence-corrected chi connectivity index (χ3v) is 4.77. The van der Waals surface area contributed by atoms with Gasteiger partial charge in [0.2, 0.25) is 0 Å². The molecule has 0 aliphatic heterocycles. The molecule has 2 rings (SSSR count). The number of hydrogen-bond donors (Lipinski definition) is 0. The zero-order chi connectivity index (χ0) is 18.3. The third-order valence-electron chi connectivity index (χ3n) is 4.77. The maximum atomic E-state index is 9.70. The molecule has 2 nitrogen and oxygen atoms in total. The van der Waals surface area contributed by atoms with Crippen molar-refractivity contribution in [2.45, 2.75) is 58.8 Å². The van der Waals surface area contributed by atoms with Gasteiger partial charge in [-0.1, -0.05) is 76.9 Å². The number of aryl methyl sites for hydroxylation is 1. The first-order valence-electron chi connectivity index (χ1n) is 9.30. The van der Waals surface area contributed by atoms with E-state index < -0.39 is 0 Å². The van der Waals surface area contributed by atoms with Crippen LogP contribution in [-0.4, -0.2) is 6.61 Å². The second kappa shape index (κ2) is 8.72. The Labute approximate surface area is 152 Å². The third kappa shape index (κ3) is 4.42. The average Bonchev–Trinajstić information content (AvgIpc) is 2.63. The van der Waals surface area contributed by atoms with Gasteiger partial charge < -0.3 is 4.74 Å². The van der Waals surface area contributed by atoms with E-state index >= 15 is 0 Å². The molecular weight excluding hydrogens is 306 g/mol. The van der Waals surface area contributed by atoms with Gasteiger partial charge in [0.05, 0.1) is 12.2 Å². The molecular formula is C23H29NO. The lowest BCUT2D eigenvalue weighted by Crippen LogP contribution is -2.20. The van der Waals surface area contributed by atoms with Crippen molar-refractivity contribution >= 4 is 0 Å². The highest BCUT2D eigenvalue weighted by molar-refractivity contribution is 5.54. The lowest BCUT2D eigenvalue weighted by atomic mass is 9.77. The molecule has 132 valence electrons. The normalized spacial score (nSPS) is 11.2. The summed E-state index contributed by atoms with van der Waals surface area (Å²) in [5, 5.41) is 9.70. The molecule has 0 N–H and O–H groups in total. The summed E-state index contributed by atoms with van der Waals surface area (Å²) in [7, 11) is 0. The second-order valence-electron chi connectivity index (χ2n) is 7.07. The van der Waals surface area contributed by atoms with Crippen molar-refractivity contribution in [1.29, 1.82) is 5.26 Å². The molecule has 0 aliphatic rings. The lowest BCUT2D eigenvalue weighted by Gasteiger charge is -2.28. The Bertz CT molecular complexity index is 726. The molecule has 0 fully saturated rings. The highest BCUT2D eigenvalue weighted by atomic mass is 16.5. The summed E-state index contributed by atoms with van der Waals surface area (Å²) in [5.74, 6) is 0.783. The molecule has 0 aromatic heterocycles. The van der Waals surface area contributed by atoms with Crippen LogP contribution in [0.5, 0.6) is 5.75 Å². The van der Waals surface area contributed by atoms with E-state index in [2.05, 4.69) is 64.1 Å². The minimum atomic E-state index is -0.155. The molecule has 0 saturated carbocycles. The fraction of sp³-hybridized carbons (Fsp3) is 0.435. The molecule has 2 heteroatoms. The zero-order valence-corrected chi connectivity index (χ0v) is 15.9. The highest BCUT2D eigenvalue weighted by Gasteiger charge is 2.25. The number of nitrogens with zero attached hydrogens (tertiary/aromatic N) is 1. The van der Waals surface area contributed by atoms with E-state index in [1.165, 1.54) is 11.1 Å². The van der Waals surface area contributed by atoms with Gasteiger partial charge >= 0.3 is 0 Å². The van der Waals surface area contributed by atoms with Crippen molar-refractivity contribution < 1.29 is 4.74 Å². The van der Waals surface area contributed by atoms with Gasteiger partial charge in [-0.05, 0) is 35.6 Å². The lowest BCUT2D eigenvalue weighted by molar-refractivity contribution is 0.305. The van der Waals surface area contributed by atoms with Gasteiger partial charge in [0.1, 0.15) is 11.8 Å². The van der Waals surface area contributed by atoms with Gasteiger partial charge in [-0.15, -0.1) is 0 Å². The molecule has 0 heterocycles. The largest absolute Gasteiger partial charge is 0.492 e. The summed E-state index contributed by atoms with van der Waals surface area (Å²) in [6.07, 6.45) is 4.05. The van der Waals surface area contributed by atoms with Gasteiger partial charge in [0.15, 0.2) is 0 Å². The first-order valence-corrected chi connectivity index (χ1v) is 9.30. The number of ether oxygens (including phenoxy) is 1. The van der Waals surface area contributed by atoms with Crippen LogP contribution >= 0.6 is 0 Å². The maximum absolute atomic E-state index is 9.70. The number of unbranched alkanes of at least 4 members (excludes halogenated alkanes) is 1. The predicted octanol–water partition coefficient (Wildman–Crippen LogP) is 6.02. The van der Waals surface area contributed by atoms with Crippen molar-refractivity contribution in [2.75, 3.05) is 6.61 Å². The average molecular weight is 335 g/mol. The topological polar surface area (TPSA) is 33.0 Å². The number of hydrogen-bond acceptors (Lipinski definition) is 2. The van der Waals surface area contributed by atoms with Crippen LogP contribution in [-0.2, 0) is 11.8 Å². The van der Waals surface area contributed by atoms with E-state index in [1.54, 1.807) is 0 Å². The van der Waals surface area contributed by atoms with Gasteiger partial charge in [-0.25, -0.2) is 0 Å². The molecule has 0 amide bonds. The van der Waals surface area contributed by atoms with Gasteiger partial charge in [0, 0.05) is 5.41 Å². The Morgan fingerprint density at radius 2 is 1.72 bits per heavy atom. The molecule has 0 saturated heterocycles. The van der Waals surface area contributed by atoms with Crippen molar-refractivity contribution in [3.63, 3.8) is 0 Å². The number of rotatable bonds is 8. The van der Waals surface area contributed by atoms with E-state index in [0.29, 0.717) is 12.2 Å². The van der Waals surface area contributed by atoms with Crippen LogP contribution in [0.15, 0.2) is 42.5 Å². The standard InChI is InChI=1S/C23H29NO/c1-5-7-14-25-22-18(11-6-2)15-21(16-19(22)17-24)23(3,4)20-12-9-8-10-13-20/h8-10,12-13,15-16H,5-7,11,14H2,1-4H3.